The van der Waals surface area contributed by atoms with E-state index in [0.717, 1.165) is 57.3 Å². The van der Waals surface area contributed by atoms with Crippen LogP contribution in [0.15, 0.2) is 12.2 Å². The highest BCUT2D eigenvalue weighted by Crippen LogP contribution is 2.04. The summed E-state index contributed by atoms with van der Waals surface area (Å²) >= 11 is 0. The molecule has 0 rings (SSSR count). The number of carbonyl (C=O) groups is 1. The van der Waals surface area contributed by atoms with Crippen LogP contribution in [0.2, 0.25) is 0 Å². The second-order valence-electron chi connectivity index (χ2n) is 4.42. The van der Waals surface area contributed by atoms with Gasteiger partial charge in [-0.1, -0.05) is 26.8 Å². The van der Waals surface area contributed by atoms with Crippen LogP contribution in [0, 0.1) is 0 Å². The van der Waals surface area contributed by atoms with Crippen molar-refractivity contribution in [3.8, 4) is 0 Å². The first-order valence-corrected chi connectivity index (χ1v) is 6.89. The molecule has 3 heteroatoms. The summed E-state index contributed by atoms with van der Waals surface area (Å²) in [5.74, 6) is 0.0277. The number of hydrogen-bond donors (Lipinski definition) is 2. The maximum absolute atomic E-state index is 11.6. The molecule has 0 fully saturated rings. The minimum absolute atomic E-state index is 0.0277. The van der Waals surface area contributed by atoms with Crippen LogP contribution in [0.5, 0.6) is 0 Å². The Bertz CT molecular complexity index is 214. The molecular formula is C14H28N2O. The highest BCUT2D eigenvalue weighted by Gasteiger charge is 2.04. The molecule has 0 saturated heterocycles. The Kier molecular flexibility index (Phi) is 11.1. The lowest BCUT2D eigenvalue weighted by Crippen LogP contribution is -2.25. The lowest BCUT2D eigenvalue weighted by molar-refractivity contribution is -0.117. The summed E-state index contributed by atoms with van der Waals surface area (Å²) < 4.78 is 0. The van der Waals surface area contributed by atoms with Crippen molar-refractivity contribution >= 4 is 5.91 Å². The minimum atomic E-state index is 0.0277. The molecule has 0 heterocycles. The van der Waals surface area contributed by atoms with E-state index < -0.39 is 0 Å². The van der Waals surface area contributed by atoms with E-state index in [9.17, 15) is 4.79 Å². The fraction of sp³-hybridized carbons (Fsp3) is 0.786. The van der Waals surface area contributed by atoms with Crippen molar-refractivity contribution in [3.63, 3.8) is 0 Å². The predicted octanol–water partition coefficient (Wildman–Crippen LogP) is 2.63. The van der Waals surface area contributed by atoms with Gasteiger partial charge in [0.15, 0.2) is 0 Å². The van der Waals surface area contributed by atoms with Crippen LogP contribution in [0.1, 0.15) is 52.4 Å². The van der Waals surface area contributed by atoms with Crippen LogP contribution >= 0.6 is 0 Å². The average Bonchev–Trinajstić information content (AvgIpc) is 2.33. The van der Waals surface area contributed by atoms with Gasteiger partial charge in [-0.25, -0.2) is 0 Å². The lowest BCUT2D eigenvalue weighted by Gasteiger charge is -2.07. The molecule has 2 N–H and O–H groups in total. The Morgan fingerprint density at radius 2 is 1.76 bits per heavy atom. The van der Waals surface area contributed by atoms with Gasteiger partial charge in [0.2, 0.25) is 5.91 Å². The van der Waals surface area contributed by atoms with Crippen LogP contribution in [-0.2, 0) is 4.79 Å². The zero-order chi connectivity index (χ0) is 12.9. The summed E-state index contributed by atoms with van der Waals surface area (Å²) in [4.78, 5) is 11.6. The van der Waals surface area contributed by atoms with Gasteiger partial charge in [-0.2, -0.15) is 0 Å². The number of carbonyl (C=O) groups excluding carboxylic acids is 1. The first-order chi connectivity index (χ1) is 8.22. The second kappa shape index (κ2) is 11.6. The number of unbranched alkanes of at least 4 members (excludes halogenated alkanes) is 2. The summed E-state index contributed by atoms with van der Waals surface area (Å²) in [7, 11) is 0. The van der Waals surface area contributed by atoms with Gasteiger partial charge in [0, 0.05) is 12.1 Å². The molecule has 0 bridgehead atoms. The summed E-state index contributed by atoms with van der Waals surface area (Å²) in [6, 6.07) is 0. The van der Waals surface area contributed by atoms with Crippen LogP contribution in [0.25, 0.3) is 0 Å². The molecule has 0 aromatic heterocycles. The molecule has 0 saturated carbocycles. The van der Waals surface area contributed by atoms with Gasteiger partial charge in [-0.05, 0) is 45.2 Å². The highest BCUT2D eigenvalue weighted by atomic mass is 16.1. The molecular weight excluding hydrogens is 212 g/mol. The number of nitrogens with one attached hydrogen (secondary N) is 2. The van der Waals surface area contributed by atoms with Crippen molar-refractivity contribution in [2.24, 2.45) is 0 Å². The Balaban J connectivity index is 3.41. The lowest BCUT2D eigenvalue weighted by atomic mass is 10.1. The van der Waals surface area contributed by atoms with E-state index in [0.29, 0.717) is 0 Å². The largest absolute Gasteiger partial charge is 0.352 e. The molecule has 1 amide bonds. The molecule has 3 nitrogen and oxygen atoms in total. The van der Waals surface area contributed by atoms with E-state index >= 15 is 0 Å². The number of amides is 1. The van der Waals surface area contributed by atoms with Crippen molar-refractivity contribution in [2.45, 2.75) is 52.4 Å². The average molecular weight is 240 g/mol. The standard InChI is InChI=1S/C14H28N2O/c1-4-6-12-16-14(17)13(3)9-7-8-11-15-10-5-2/h15H,3-12H2,1-2H3,(H,16,17). The summed E-state index contributed by atoms with van der Waals surface area (Å²) in [6.07, 6.45) is 6.28. The van der Waals surface area contributed by atoms with Crippen molar-refractivity contribution in [1.29, 1.82) is 0 Å². The predicted molar refractivity (Wildman–Crippen MR) is 74.1 cm³/mol. The van der Waals surface area contributed by atoms with Crippen molar-refractivity contribution in [1.82, 2.24) is 10.6 Å². The fourth-order valence-electron chi connectivity index (χ4n) is 1.51. The first-order valence-electron chi connectivity index (χ1n) is 6.89. The van der Waals surface area contributed by atoms with E-state index in [1.807, 2.05) is 0 Å². The number of rotatable bonds is 11. The molecule has 17 heavy (non-hydrogen) atoms. The Labute approximate surface area is 106 Å². The zero-order valence-electron chi connectivity index (χ0n) is 11.5. The smallest absolute Gasteiger partial charge is 0.246 e. The van der Waals surface area contributed by atoms with Gasteiger partial charge in [0.1, 0.15) is 0 Å². The van der Waals surface area contributed by atoms with E-state index in [4.69, 9.17) is 0 Å². The van der Waals surface area contributed by atoms with E-state index in [1.54, 1.807) is 0 Å². The SMILES string of the molecule is C=C(CCCCNCCC)C(=O)NCCCC. The van der Waals surface area contributed by atoms with Crippen LogP contribution in [0.3, 0.4) is 0 Å². The summed E-state index contributed by atoms with van der Waals surface area (Å²) in [6.45, 7) is 11.0. The van der Waals surface area contributed by atoms with E-state index in [2.05, 4.69) is 31.1 Å². The minimum Gasteiger partial charge on any atom is -0.352 e. The molecule has 0 aliphatic carbocycles. The monoisotopic (exact) mass is 240 g/mol. The third-order valence-electron chi connectivity index (χ3n) is 2.65. The summed E-state index contributed by atoms with van der Waals surface area (Å²) in [5, 5.41) is 6.24. The second-order valence-corrected chi connectivity index (χ2v) is 4.42. The normalized spacial score (nSPS) is 10.2. The van der Waals surface area contributed by atoms with E-state index in [-0.39, 0.29) is 5.91 Å². The van der Waals surface area contributed by atoms with Crippen LogP contribution in [-0.4, -0.2) is 25.5 Å². The highest BCUT2D eigenvalue weighted by molar-refractivity contribution is 5.92. The Morgan fingerprint density at radius 3 is 2.41 bits per heavy atom. The van der Waals surface area contributed by atoms with Gasteiger partial charge in [0.05, 0.1) is 0 Å². The molecule has 0 spiro atoms. The number of hydrogen-bond acceptors (Lipinski definition) is 2. The fourth-order valence-corrected chi connectivity index (χ4v) is 1.51. The van der Waals surface area contributed by atoms with Gasteiger partial charge >= 0.3 is 0 Å². The molecule has 0 aliphatic rings. The third-order valence-corrected chi connectivity index (χ3v) is 2.65. The molecule has 0 radical (unpaired) electrons. The van der Waals surface area contributed by atoms with Crippen molar-refractivity contribution in [3.05, 3.63) is 12.2 Å². The first kappa shape index (κ1) is 16.2. The van der Waals surface area contributed by atoms with E-state index in [1.165, 1.54) is 6.42 Å². The molecule has 0 atom stereocenters. The maximum atomic E-state index is 11.6. The molecule has 0 unspecified atom stereocenters. The quantitative estimate of drug-likeness (QED) is 0.430. The maximum Gasteiger partial charge on any atom is 0.246 e. The van der Waals surface area contributed by atoms with Gasteiger partial charge in [-0.15, -0.1) is 0 Å². The Hall–Kier alpha value is -0.830. The Morgan fingerprint density at radius 1 is 1.00 bits per heavy atom. The van der Waals surface area contributed by atoms with Gasteiger partial charge < -0.3 is 10.6 Å². The van der Waals surface area contributed by atoms with Gasteiger partial charge in [-0.3, -0.25) is 4.79 Å². The molecule has 100 valence electrons. The van der Waals surface area contributed by atoms with Crippen LogP contribution < -0.4 is 10.6 Å². The molecule has 0 aromatic rings. The molecule has 0 aromatic carbocycles. The topological polar surface area (TPSA) is 41.1 Å². The zero-order valence-corrected chi connectivity index (χ0v) is 11.5. The van der Waals surface area contributed by atoms with Gasteiger partial charge in [0.25, 0.3) is 0 Å². The molecule has 0 aliphatic heterocycles. The van der Waals surface area contributed by atoms with Crippen LogP contribution in [0.4, 0.5) is 0 Å². The third kappa shape index (κ3) is 10.1. The van der Waals surface area contributed by atoms with Crippen molar-refractivity contribution < 1.29 is 4.79 Å². The summed E-state index contributed by atoms with van der Waals surface area (Å²) in [5.41, 5.74) is 0.719. The van der Waals surface area contributed by atoms with Crippen molar-refractivity contribution in [2.75, 3.05) is 19.6 Å².